The lowest BCUT2D eigenvalue weighted by atomic mass is 10.0. The van der Waals surface area contributed by atoms with Gasteiger partial charge in [0.2, 0.25) is 0 Å². The number of hydrogen-bond donors (Lipinski definition) is 0. The van der Waals surface area contributed by atoms with Gasteiger partial charge in [0.05, 0.1) is 0 Å². The number of carbonyl (C=O) groups is 3. The van der Waals surface area contributed by atoms with E-state index >= 15 is 0 Å². The Morgan fingerprint density at radius 3 is 0.760 bits per heavy atom. The Morgan fingerprint density at radius 1 is 0.267 bits per heavy atom. The summed E-state index contributed by atoms with van der Waals surface area (Å²) in [5.41, 5.74) is 0. The standard InChI is InChI=1S/C69H126O6/c1-4-7-10-13-16-19-22-25-26-27-28-29-30-31-32-33-34-35-36-37-38-39-40-41-42-45-47-50-53-56-59-62-68(71)74-65-66(75-69(72)63-60-57-54-51-48-44-24-21-18-15-12-9-6-3)64-73-67(70)61-58-55-52-49-46-43-23-20-17-14-11-8-5-2/h20-25,27-28,66H,4-19,26,29-65H2,1-3H3/b23-20-,24-21-,25-22-,28-27-. The lowest BCUT2D eigenvalue weighted by Crippen LogP contribution is -2.30. The van der Waals surface area contributed by atoms with Crippen LogP contribution in [0, 0.1) is 0 Å². The van der Waals surface area contributed by atoms with Crippen LogP contribution < -0.4 is 0 Å². The summed E-state index contributed by atoms with van der Waals surface area (Å²) in [5, 5.41) is 0. The maximum atomic E-state index is 12.9. The number of ether oxygens (including phenoxy) is 3. The minimum Gasteiger partial charge on any atom is -0.462 e. The van der Waals surface area contributed by atoms with E-state index in [1.807, 2.05) is 0 Å². The molecule has 0 aliphatic heterocycles. The fourth-order valence-corrected chi connectivity index (χ4v) is 9.76. The molecule has 1 atom stereocenters. The zero-order chi connectivity index (χ0) is 54.3. The molecule has 0 N–H and O–H groups in total. The van der Waals surface area contributed by atoms with Crippen LogP contribution in [0.2, 0.25) is 0 Å². The third-order valence-electron chi connectivity index (χ3n) is 14.8. The predicted molar refractivity (Wildman–Crippen MR) is 325 cm³/mol. The van der Waals surface area contributed by atoms with Gasteiger partial charge in [0.25, 0.3) is 0 Å². The van der Waals surface area contributed by atoms with Gasteiger partial charge < -0.3 is 14.2 Å². The maximum absolute atomic E-state index is 12.9. The number of esters is 3. The second-order valence-electron chi connectivity index (χ2n) is 22.4. The fourth-order valence-electron chi connectivity index (χ4n) is 9.76. The van der Waals surface area contributed by atoms with E-state index < -0.39 is 6.10 Å². The van der Waals surface area contributed by atoms with E-state index in [4.69, 9.17) is 14.2 Å². The molecule has 1 unspecified atom stereocenters. The topological polar surface area (TPSA) is 78.9 Å². The van der Waals surface area contributed by atoms with E-state index in [1.165, 1.54) is 238 Å². The van der Waals surface area contributed by atoms with Gasteiger partial charge in [0.15, 0.2) is 6.10 Å². The summed E-state index contributed by atoms with van der Waals surface area (Å²) in [6.45, 7) is 6.63. The van der Waals surface area contributed by atoms with E-state index in [2.05, 4.69) is 69.4 Å². The number of unbranched alkanes of at least 4 members (excludes halogenated alkanes) is 42. The van der Waals surface area contributed by atoms with Crippen molar-refractivity contribution in [3.63, 3.8) is 0 Å². The van der Waals surface area contributed by atoms with Crippen molar-refractivity contribution in [2.45, 2.75) is 361 Å². The van der Waals surface area contributed by atoms with Crippen LogP contribution in [0.5, 0.6) is 0 Å². The van der Waals surface area contributed by atoms with Gasteiger partial charge in [-0.2, -0.15) is 0 Å². The second-order valence-corrected chi connectivity index (χ2v) is 22.4. The summed E-state index contributed by atoms with van der Waals surface area (Å²) in [7, 11) is 0. The van der Waals surface area contributed by atoms with Crippen LogP contribution in [0.3, 0.4) is 0 Å². The molecule has 0 saturated heterocycles. The van der Waals surface area contributed by atoms with Crippen LogP contribution in [0.15, 0.2) is 48.6 Å². The third-order valence-corrected chi connectivity index (χ3v) is 14.8. The summed E-state index contributed by atoms with van der Waals surface area (Å²) >= 11 is 0. The Morgan fingerprint density at radius 2 is 0.480 bits per heavy atom. The Bertz CT molecular complexity index is 1300. The first-order valence-corrected chi connectivity index (χ1v) is 33.1. The molecule has 0 bridgehead atoms. The van der Waals surface area contributed by atoms with Crippen molar-refractivity contribution in [3.05, 3.63) is 48.6 Å². The molecular weight excluding hydrogens is 925 g/mol. The lowest BCUT2D eigenvalue weighted by molar-refractivity contribution is -0.167. The van der Waals surface area contributed by atoms with Gasteiger partial charge in [-0.1, -0.05) is 281 Å². The smallest absolute Gasteiger partial charge is 0.306 e. The van der Waals surface area contributed by atoms with Crippen LogP contribution in [-0.2, 0) is 28.6 Å². The fraction of sp³-hybridized carbons (Fsp3) is 0.841. The van der Waals surface area contributed by atoms with Crippen molar-refractivity contribution >= 4 is 17.9 Å². The lowest BCUT2D eigenvalue weighted by Gasteiger charge is -2.18. The molecule has 0 amide bonds. The zero-order valence-electron chi connectivity index (χ0n) is 50.3. The van der Waals surface area contributed by atoms with Crippen molar-refractivity contribution in [3.8, 4) is 0 Å². The second kappa shape index (κ2) is 63.9. The highest BCUT2D eigenvalue weighted by atomic mass is 16.6. The van der Waals surface area contributed by atoms with Gasteiger partial charge in [-0.15, -0.1) is 0 Å². The zero-order valence-corrected chi connectivity index (χ0v) is 50.3. The first-order chi connectivity index (χ1) is 37.0. The van der Waals surface area contributed by atoms with Crippen LogP contribution >= 0.6 is 0 Å². The van der Waals surface area contributed by atoms with Crippen LogP contribution in [0.4, 0.5) is 0 Å². The SMILES string of the molecule is CCCCCC/C=C\CCCCCCCC(=O)OCC(COC(=O)CCCCCCCCCCCCCCCCCCCCC/C=C\C/C=C\CCCCCCC)OC(=O)CCCCCCC/C=C\CCCCCC. The van der Waals surface area contributed by atoms with E-state index in [0.717, 1.165) is 77.0 Å². The van der Waals surface area contributed by atoms with Crippen LogP contribution in [0.25, 0.3) is 0 Å². The molecule has 438 valence electrons. The summed E-state index contributed by atoms with van der Waals surface area (Å²) in [4.78, 5) is 38.2. The highest BCUT2D eigenvalue weighted by Crippen LogP contribution is 2.17. The molecule has 0 saturated carbocycles. The van der Waals surface area contributed by atoms with Crippen molar-refractivity contribution in [2.24, 2.45) is 0 Å². The number of allylic oxidation sites excluding steroid dienone is 8. The Kier molecular flexibility index (Phi) is 61.7. The molecule has 0 aliphatic carbocycles. The van der Waals surface area contributed by atoms with Gasteiger partial charge in [0.1, 0.15) is 13.2 Å². The molecule has 0 aliphatic rings. The molecule has 0 aromatic carbocycles. The summed E-state index contributed by atoms with van der Waals surface area (Å²) in [6, 6.07) is 0. The van der Waals surface area contributed by atoms with Crippen LogP contribution in [-0.4, -0.2) is 37.2 Å². The first kappa shape index (κ1) is 72.4. The van der Waals surface area contributed by atoms with Crippen molar-refractivity contribution < 1.29 is 28.6 Å². The molecule has 6 heteroatoms. The molecular formula is C69H126O6. The molecule has 0 spiro atoms. The normalized spacial score (nSPS) is 12.3. The number of rotatable bonds is 61. The Balaban J connectivity index is 4.11. The minimum absolute atomic E-state index is 0.0754. The monoisotopic (exact) mass is 1050 g/mol. The van der Waals surface area contributed by atoms with E-state index in [9.17, 15) is 14.4 Å². The molecule has 75 heavy (non-hydrogen) atoms. The van der Waals surface area contributed by atoms with Crippen molar-refractivity contribution in [1.29, 1.82) is 0 Å². The number of hydrogen-bond acceptors (Lipinski definition) is 6. The van der Waals surface area contributed by atoms with E-state index in [0.29, 0.717) is 19.3 Å². The first-order valence-electron chi connectivity index (χ1n) is 33.1. The van der Waals surface area contributed by atoms with Gasteiger partial charge in [-0.05, 0) is 103 Å². The quantitative estimate of drug-likeness (QED) is 0.0261. The molecule has 0 aromatic rings. The summed E-state index contributed by atoms with van der Waals surface area (Å²) < 4.78 is 16.9. The Hall–Kier alpha value is -2.63. The third kappa shape index (κ3) is 62.1. The van der Waals surface area contributed by atoms with Gasteiger partial charge >= 0.3 is 17.9 Å². The van der Waals surface area contributed by atoms with Crippen molar-refractivity contribution in [1.82, 2.24) is 0 Å². The maximum Gasteiger partial charge on any atom is 0.306 e. The molecule has 0 rings (SSSR count). The summed E-state index contributed by atoms with van der Waals surface area (Å²) in [6.07, 6.45) is 80.0. The molecule has 6 nitrogen and oxygen atoms in total. The summed E-state index contributed by atoms with van der Waals surface area (Å²) in [5.74, 6) is -0.875. The average Bonchev–Trinajstić information content (AvgIpc) is 3.41. The molecule has 0 aromatic heterocycles. The molecule has 0 radical (unpaired) electrons. The van der Waals surface area contributed by atoms with E-state index in [1.54, 1.807) is 0 Å². The van der Waals surface area contributed by atoms with Gasteiger partial charge in [-0.3, -0.25) is 14.4 Å². The molecule has 0 heterocycles. The highest BCUT2D eigenvalue weighted by Gasteiger charge is 2.19. The van der Waals surface area contributed by atoms with Gasteiger partial charge in [0, 0.05) is 19.3 Å². The minimum atomic E-state index is -0.778. The van der Waals surface area contributed by atoms with Gasteiger partial charge in [-0.25, -0.2) is 0 Å². The number of carbonyl (C=O) groups excluding carboxylic acids is 3. The predicted octanol–water partition coefficient (Wildman–Crippen LogP) is 22.6. The average molecular weight is 1050 g/mol. The molecule has 0 fully saturated rings. The largest absolute Gasteiger partial charge is 0.462 e. The Labute approximate surface area is 467 Å². The van der Waals surface area contributed by atoms with Crippen LogP contribution in [0.1, 0.15) is 355 Å². The van der Waals surface area contributed by atoms with Crippen molar-refractivity contribution in [2.75, 3.05) is 13.2 Å². The highest BCUT2D eigenvalue weighted by molar-refractivity contribution is 5.71. The van der Waals surface area contributed by atoms with E-state index in [-0.39, 0.29) is 31.1 Å².